The van der Waals surface area contributed by atoms with Crippen molar-refractivity contribution in [1.29, 1.82) is 0 Å². The summed E-state index contributed by atoms with van der Waals surface area (Å²) in [5.74, 6) is 1.20. The summed E-state index contributed by atoms with van der Waals surface area (Å²) >= 11 is 0. The molecule has 4 aromatic rings. The number of nitro benzene ring substituents is 1. The van der Waals surface area contributed by atoms with Crippen LogP contribution in [0.25, 0.3) is 11.3 Å². The van der Waals surface area contributed by atoms with Crippen LogP contribution in [0, 0.1) is 17.0 Å². The van der Waals surface area contributed by atoms with Crippen molar-refractivity contribution in [2.45, 2.75) is 13.1 Å². The molecule has 7 nitrogen and oxygen atoms in total. The lowest BCUT2D eigenvalue weighted by Gasteiger charge is -2.29. The number of nitrogens with one attached hydrogen (secondary N) is 1. The first kappa shape index (κ1) is 17.9. The summed E-state index contributed by atoms with van der Waals surface area (Å²) in [4.78, 5) is 10.3. The number of nitrogens with zero attached hydrogens (tertiary/aromatic N) is 3. The van der Waals surface area contributed by atoms with Gasteiger partial charge in [0.15, 0.2) is 0 Å². The van der Waals surface area contributed by atoms with Gasteiger partial charge >= 0.3 is 0 Å². The van der Waals surface area contributed by atoms with E-state index in [1.807, 2.05) is 48.0 Å². The molecular formula is C23H18N4O3. The van der Waals surface area contributed by atoms with Gasteiger partial charge in [0.25, 0.3) is 5.69 Å². The number of fused-ring (bicyclic) bond motifs is 3. The summed E-state index contributed by atoms with van der Waals surface area (Å²) in [6.45, 7) is 1.99. The zero-order valence-corrected chi connectivity index (χ0v) is 16.1. The van der Waals surface area contributed by atoms with Crippen LogP contribution in [0.3, 0.4) is 0 Å². The van der Waals surface area contributed by atoms with Crippen LogP contribution in [0.4, 0.5) is 11.4 Å². The molecule has 1 aromatic heterocycles. The third-order valence-electron chi connectivity index (χ3n) is 5.08. The Labute approximate surface area is 172 Å². The van der Waals surface area contributed by atoms with E-state index in [1.54, 1.807) is 12.1 Å². The molecule has 0 amide bonds. The fourth-order valence-electron chi connectivity index (χ4n) is 3.67. The lowest BCUT2D eigenvalue weighted by atomic mass is 10.0. The van der Waals surface area contributed by atoms with Gasteiger partial charge in [0.1, 0.15) is 17.7 Å². The number of non-ortho nitro benzene ring substituents is 1. The van der Waals surface area contributed by atoms with E-state index in [0.717, 1.165) is 28.2 Å². The van der Waals surface area contributed by atoms with Gasteiger partial charge in [-0.25, -0.2) is 4.68 Å². The van der Waals surface area contributed by atoms with E-state index in [-0.39, 0.29) is 11.9 Å². The summed E-state index contributed by atoms with van der Waals surface area (Å²) in [6.07, 6.45) is -0.128. The van der Waals surface area contributed by atoms with Crippen LogP contribution >= 0.6 is 0 Å². The number of aryl methyl sites for hydroxylation is 1. The smallest absolute Gasteiger partial charge is 0.269 e. The Morgan fingerprint density at radius 2 is 1.67 bits per heavy atom. The topological polar surface area (TPSA) is 82.2 Å². The second-order valence-corrected chi connectivity index (χ2v) is 7.13. The molecule has 0 bridgehead atoms. The largest absolute Gasteiger partial charge is 0.457 e. The van der Waals surface area contributed by atoms with Gasteiger partial charge in [0.05, 0.1) is 16.3 Å². The summed E-state index contributed by atoms with van der Waals surface area (Å²) in [5.41, 5.74) is 5.33. The minimum Gasteiger partial charge on any atom is -0.457 e. The van der Waals surface area contributed by atoms with Crippen LogP contribution in [0.15, 0.2) is 78.9 Å². The average molecular weight is 398 g/mol. The quantitative estimate of drug-likeness (QED) is 0.361. The Morgan fingerprint density at radius 1 is 1.00 bits per heavy atom. The fourth-order valence-corrected chi connectivity index (χ4v) is 3.67. The van der Waals surface area contributed by atoms with E-state index < -0.39 is 4.92 Å². The molecule has 5 rings (SSSR count). The molecule has 0 saturated heterocycles. The molecule has 1 aliphatic rings. The van der Waals surface area contributed by atoms with Gasteiger partial charge in [0, 0.05) is 23.4 Å². The van der Waals surface area contributed by atoms with Crippen LogP contribution in [-0.2, 0) is 0 Å². The first-order valence-electron chi connectivity index (χ1n) is 9.53. The number of hydrogen-bond donors (Lipinski definition) is 1. The highest BCUT2D eigenvalue weighted by molar-refractivity contribution is 5.78. The Kier molecular flexibility index (Phi) is 4.21. The lowest BCUT2D eigenvalue weighted by molar-refractivity contribution is -0.384. The SMILES string of the molecule is Cc1cc2n(n1)C(c1ccc(Oc3ccc([N+](=O)[O-])cc3)cc1)Nc1ccccc1-2. The van der Waals surface area contributed by atoms with E-state index in [0.29, 0.717) is 11.5 Å². The van der Waals surface area contributed by atoms with Crippen molar-refractivity contribution in [2.24, 2.45) is 0 Å². The summed E-state index contributed by atoms with van der Waals surface area (Å²) < 4.78 is 7.82. The summed E-state index contributed by atoms with van der Waals surface area (Å²) in [5, 5.41) is 19.0. The van der Waals surface area contributed by atoms with Crippen LogP contribution in [0.2, 0.25) is 0 Å². The number of benzene rings is 3. The van der Waals surface area contributed by atoms with E-state index >= 15 is 0 Å². The number of ether oxygens (including phenoxy) is 1. The molecule has 0 radical (unpaired) electrons. The normalized spacial score (nSPS) is 14.4. The number of anilines is 1. The molecule has 0 aliphatic carbocycles. The van der Waals surface area contributed by atoms with Crippen LogP contribution < -0.4 is 10.1 Å². The first-order chi connectivity index (χ1) is 14.6. The molecule has 1 atom stereocenters. The Balaban J connectivity index is 1.41. The third kappa shape index (κ3) is 3.16. The zero-order valence-electron chi connectivity index (χ0n) is 16.1. The number of para-hydroxylation sites is 1. The third-order valence-corrected chi connectivity index (χ3v) is 5.08. The van der Waals surface area contributed by atoms with Gasteiger partial charge in [-0.05, 0) is 48.9 Å². The monoisotopic (exact) mass is 398 g/mol. The van der Waals surface area contributed by atoms with Crippen molar-refractivity contribution in [1.82, 2.24) is 9.78 Å². The van der Waals surface area contributed by atoms with Crippen LogP contribution in [0.5, 0.6) is 11.5 Å². The first-order valence-corrected chi connectivity index (χ1v) is 9.53. The number of aromatic nitrogens is 2. The number of hydrogen-bond acceptors (Lipinski definition) is 5. The Morgan fingerprint density at radius 3 is 2.37 bits per heavy atom. The molecule has 3 aromatic carbocycles. The van der Waals surface area contributed by atoms with Gasteiger partial charge in [-0.2, -0.15) is 5.10 Å². The predicted molar refractivity (Wildman–Crippen MR) is 114 cm³/mol. The van der Waals surface area contributed by atoms with Crippen molar-refractivity contribution >= 4 is 11.4 Å². The number of nitro groups is 1. The molecule has 2 heterocycles. The van der Waals surface area contributed by atoms with Crippen molar-refractivity contribution in [3.05, 3.63) is 100 Å². The van der Waals surface area contributed by atoms with E-state index in [4.69, 9.17) is 4.74 Å². The van der Waals surface area contributed by atoms with E-state index in [9.17, 15) is 10.1 Å². The molecule has 7 heteroatoms. The van der Waals surface area contributed by atoms with Crippen LogP contribution in [-0.4, -0.2) is 14.7 Å². The highest BCUT2D eigenvalue weighted by Crippen LogP contribution is 2.38. The molecule has 1 unspecified atom stereocenters. The fraction of sp³-hybridized carbons (Fsp3) is 0.0870. The second kappa shape index (κ2) is 7.04. The Bertz CT molecular complexity index is 1230. The second-order valence-electron chi connectivity index (χ2n) is 7.13. The molecule has 0 spiro atoms. The molecule has 0 fully saturated rings. The predicted octanol–water partition coefficient (Wildman–Crippen LogP) is 5.53. The summed E-state index contributed by atoms with van der Waals surface area (Å²) in [7, 11) is 0. The summed E-state index contributed by atoms with van der Waals surface area (Å²) in [6, 6.07) is 24.1. The molecule has 1 N–H and O–H groups in total. The number of rotatable bonds is 4. The maximum absolute atomic E-state index is 10.8. The van der Waals surface area contributed by atoms with Gasteiger partial charge in [0.2, 0.25) is 0 Å². The average Bonchev–Trinajstić information content (AvgIpc) is 3.16. The van der Waals surface area contributed by atoms with Gasteiger partial charge in [-0.1, -0.05) is 30.3 Å². The molecule has 148 valence electrons. The molecule has 0 saturated carbocycles. The minimum atomic E-state index is -0.431. The minimum absolute atomic E-state index is 0.0340. The molecular weight excluding hydrogens is 380 g/mol. The maximum atomic E-state index is 10.8. The van der Waals surface area contributed by atoms with E-state index in [2.05, 4.69) is 28.6 Å². The maximum Gasteiger partial charge on any atom is 0.269 e. The van der Waals surface area contributed by atoms with Crippen LogP contribution in [0.1, 0.15) is 17.4 Å². The Hall–Kier alpha value is -4.13. The van der Waals surface area contributed by atoms with Gasteiger partial charge in [-0.15, -0.1) is 0 Å². The van der Waals surface area contributed by atoms with Crippen molar-refractivity contribution < 1.29 is 9.66 Å². The van der Waals surface area contributed by atoms with E-state index in [1.165, 1.54) is 12.1 Å². The highest BCUT2D eigenvalue weighted by atomic mass is 16.6. The standard InChI is InChI=1S/C23H18N4O3/c1-15-14-22-20-4-2-3-5-21(20)24-23(26(22)25-15)16-6-10-18(11-7-16)30-19-12-8-17(9-13-19)27(28)29/h2-14,23-24H,1H3. The van der Waals surface area contributed by atoms with Gasteiger partial charge in [-0.3, -0.25) is 10.1 Å². The highest BCUT2D eigenvalue weighted by Gasteiger charge is 2.26. The molecule has 30 heavy (non-hydrogen) atoms. The lowest BCUT2D eigenvalue weighted by Crippen LogP contribution is -2.25. The van der Waals surface area contributed by atoms with Crippen molar-refractivity contribution in [3.8, 4) is 22.8 Å². The van der Waals surface area contributed by atoms with Crippen molar-refractivity contribution in [2.75, 3.05) is 5.32 Å². The van der Waals surface area contributed by atoms with Crippen molar-refractivity contribution in [3.63, 3.8) is 0 Å². The zero-order chi connectivity index (χ0) is 20.7. The molecule has 1 aliphatic heterocycles. The van der Waals surface area contributed by atoms with Gasteiger partial charge < -0.3 is 10.1 Å².